The molecule has 0 unspecified atom stereocenters. The molecule has 5 nitrogen and oxygen atoms in total. The fourth-order valence-electron chi connectivity index (χ4n) is 1.17. The maximum absolute atomic E-state index is 12.3. The van der Waals surface area contributed by atoms with Crippen LogP contribution >= 0.6 is 0 Å². The number of nitrogens with two attached hydrogens (primary N) is 1. The van der Waals surface area contributed by atoms with Gasteiger partial charge in [0.15, 0.2) is 5.75 Å². The number of nitrogens with zero attached hydrogens (tertiary/aromatic N) is 1. The molecule has 0 heterocycles. The first-order valence-electron chi connectivity index (χ1n) is 4.24. The number of methoxy groups -OCH3 is 1. The van der Waals surface area contributed by atoms with E-state index >= 15 is 0 Å². The molecular formula is C9H11FN2O3. The number of alkyl halides is 1. The van der Waals surface area contributed by atoms with E-state index in [1.165, 1.54) is 25.3 Å². The molecule has 0 fully saturated rings. The van der Waals surface area contributed by atoms with E-state index in [1.807, 2.05) is 0 Å². The number of benzene rings is 1. The minimum atomic E-state index is -0.838. The standard InChI is InChI=1S/C9H11FN2O3/c1-15-9-3-2-6(7(11)5-10)4-8(9)12(13)14/h2-4,7H,5,11H2,1H3/t7-/m0/s1. The number of ether oxygens (including phenoxy) is 1. The predicted octanol–water partition coefficient (Wildman–Crippen LogP) is 1.57. The second-order valence-electron chi connectivity index (χ2n) is 2.95. The minimum Gasteiger partial charge on any atom is -0.490 e. The Balaban J connectivity index is 3.16. The number of halogens is 1. The Labute approximate surface area is 85.8 Å². The Morgan fingerprint density at radius 1 is 1.67 bits per heavy atom. The number of rotatable bonds is 4. The Kier molecular flexibility index (Phi) is 3.56. The molecule has 0 aromatic heterocycles. The van der Waals surface area contributed by atoms with Crippen molar-refractivity contribution in [3.63, 3.8) is 0 Å². The molecule has 15 heavy (non-hydrogen) atoms. The number of hydrogen-bond donors (Lipinski definition) is 1. The third-order valence-electron chi connectivity index (χ3n) is 1.99. The fourth-order valence-corrected chi connectivity index (χ4v) is 1.17. The van der Waals surface area contributed by atoms with E-state index < -0.39 is 17.6 Å². The summed E-state index contributed by atoms with van der Waals surface area (Å²) >= 11 is 0. The van der Waals surface area contributed by atoms with Gasteiger partial charge in [-0.05, 0) is 11.6 Å². The summed E-state index contributed by atoms with van der Waals surface area (Å²) in [5.74, 6) is 0.134. The van der Waals surface area contributed by atoms with Gasteiger partial charge in [0.25, 0.3) is 0 Å². The molecule has 0 amide bonds. The summed E-state index contributed by atoms with van der Waals surface area (Å²) < 4.78 is 17.1. The summed E-state index contributed by atoms with van der Waals surface area (Å²) in [4.78, 5) is 10.0. The third kappa shape index (κ3) is 2.41. The van der Waals surface area contributed by atoms with Gasteiger partial charge in [0.05, 0.1) is 18.1 Å². The molecule has 0 aliphatic rings. The summed E-state index contributed by atoms with van der Waals surface area (Å²) in [5.41, 5.74) is 5.59. The van der Waals surface area contributed by atoms with E-state index in [1.54, 1.807) is 0 Å². The van der Waals surface area contributed by atoms with Crippen LogP contribution in [0.5, 0.6) is 5.75 Å². The number of nitro benzene ring substituents is 1. The average Bonchev–Trinajstić information content (AvgIpc) is 2.27. The third-order valence-corrected chi connectivity index (χ3v) is 1.99. The van der Waals surface area contributed by atoms with Crippen molar-refractivity contribution < 1.29 is 14.1 Å². The zero-order valence-electron chi connectivity index (χ0n) is 8.14. The lowest BCUT2D eigenvalue weighted by atomic mass is 10.1. The molecule has 0 saturated carbocycles. The molecule has 0 radical (unpaired) electrons. The van der Waals surface area contributed by atoms with Crippen molar-refractivity contribution in [2.75, 3.05) is 13.8 Å². The summed E-state index contributed by atoms with van der Waals surface area (Å²) in [5, 5.41) is 10.6. The molecule has 0 saturated heterocycles. The molecule has 2 N–H and O–H groups in total. The van der Waals surface area contributed by atoms with Gasteiger partial charge in [-0.1, -0.05) is 6.07 Å². The second-order valence-corrected chi connectivity index (χ2v) is 2.95. The van der Waals surface area contributed by atoms with Crippen LogP contribution in [0.15, 0.2) is 18.2 Å². The van der Waals surface area contributed by atoms with E-state index in [0.717, 1.165) is 0 Å². The minimum absolute atomic E-state index is 0.134. The average molecular weight is 214 g/mol. The van der Waals surface area contributed by atoms with Crippen LogP contribution in [0, 0.1) is 10.1 Å². The van der Waals surface area contributed by atoms with E-state index in [0.29, 0.717) is 5.56 Å². The van der Waals surface area contributed by atoms with Gasteiger partial charge in [0, 0.05) is 6.07 Å². The van der Waals surface area contributed by atoms with Crippen molar-refractivity contribution in [3.05, 3.63) is 33.9 Å². The Morgan fingerprint density at radius 3 is 2.80 bits per heavy atom. The first kappa shape index (κ1) is 11.4. The summed E-state index contributed by atoms with van der Waals surface area (Å²) in [6.07, 6.45) is 0. The van der Waals surface area contributed by atoms with Gasteiger partial charge in [-0.2, -0.15) is 0 Å². The van der Waals surface area contributed by atoms with Gasteiger partial charge in [-0.3, -0.25) is 10.1 Å². The molecule has 0 aliphatic carbocycles. The van der Waals surface area contributed by atoms with Gasteiger partial charge >= 0.3 is 5.69 Å². The molecule has 0 aliphatic heterocycles. The van der Waals surface area contributed by atoms with Crippen molar-refractivity contribution in [1.82, 2.24) is 0 Å². The summed E-state index contributed by atoms with van der Waals surface area (Å²) in [6, 6.07) is 3.30. The van der Waals surface area contributed by atoms with Gasteiger partial charge in [-0.15, -0.1) is 0 Å². The molecule has 1 aromatic rings. The highest BCUT2D eigenvalue weighted by Gasteiger charge is 2.17. The van der Waals surface area contributed by atoms with Crippen molar-refractivity contribution in [2.24, 2.45) is 5.73 Å². The van der Waals surface area contributed by atoms with E-state index in [2.05, 4.69) is 0 Å². The molecular weight excluding hydrogens is 203 g/mol. The normalized spacial score (nSPS) is 12.2. The molecule has 0 bridgehead atoms. The van der Waals surface area contributed by atoms with Crippen LogP contribution in [-0.2, 0) is 0 Å². The smallest absolute Gasteiger partial charge is 0.311 e. The Morgan fingerprint density at radius 2 is 2.33 bits per heavy atom. The maximum Gasteiger partial charge on any atom is 0.311 e. The maximum atomic E-state index is 12.3. The van der Waals surface area contributed by atoms with Crippen LogP contribution in [0.2, 0.25) is 0 Å². The van der Waals surface area contributed by atoms with E-state index in [9.17, 15) is 14.5 Å². The lowest BCUT2D eigenvalue weighted by Crippen LogP contribution is -2.12. The van der Waals surface area contributed by atoms with Crippen LogP contribution in [0.25, 0.3) is 0 Å². The van der Waals surface area contributed by atoms with Crippen molar-refractivity contribution in [1.29, 1.82) is 0 Å². The summed E-state index contributed by atoms with van der Waals surface area (Å²) in [6.45, 7) is -0.760. The monoisotopic (exact) mass is 214 g/mol. The van der Waals surface area contributed by atoms with Crippen molar-refractivity contribution >= 4 is 5.69 Å². The second kappa shape index (κ2) is 4.70. The fraction of sp³-hybridized carbons (Fsp3) is 0.333. The Bertz CT molecular complexity index is 370. The zero-order chi connectivity index (χ0) is 11.4. The molecule has 82 valence electrons. The van der Waals surface area contributed by atoms with Gasteiger partial charge in [0.2, 0.25) is 0 Å². The highest BCUT2D eigenvalue weighted by molar-refractivity contribution is 5.49. The van der Waals surface area contributed by atoms with Crippen molar-refractivity contribution in [2.45, 2.75) is 6.04 Å². The first-order valence-corrected chi connectivity index (χ1v) is 4.24. The van der Waals surface area contributed by atoms with Crippen molar-refractivity contribution in [3.8, 4) is 5.75 Å². The van der Waals surface area contributed by atoms with Gasteiger partial charge < -0.3 is 10.5 Å². The SMILES string of the molecule is COc1ccc([C@@H](N)CF)cc1[N+](=O)[O-]. The number of hydrogen-bond acceptors (Lipinski definition) is 4. The van der Waals surface area contributed by atoms with Crippen LogP contribution in [0.3, 0.4) is 0 Å². The van der Waals surface area contributed by atoms with Crippen LogP contribution in [0.4, 0.5) is 10.1 Å². The molecule has 0 spiro atoms. The molecule has 6 heteroatoms. The first-order chi connectivity index (χ1) is 7.10. The highest BCUT2D eigenvalue weighted by atomic mass is 19.1. The van der Waals surface area contributed by atoms with Crippen LogP contribution in [0.1, 0.15) is 11.6 Å². The van der Waals surface area contributed by atoms with Crippen LogP contribution < -0.4 is 10.5 Å². The predicted molar refractivity (Wildman–Crippen MR) is 52.6 cm³/mol. The van der Waals surface area contributed by atoms with Crippen LogP contribution in [-0.4, -0.2) is 18.7 Å². The molecule has 1 aromatic carbocycles. The summed E-state index contributed by atoms with van der Waals surface area (Å²) in [7, 11) is 1.33. The van der Waals surface area contributed by atoms with Gasteiger partial charge in [0.1, 0.15) is 6.67 Å². The zero-order valence-corrected chi connectivity index (χ0v) is 8.14. The largest absolute Gasteiger partial charge is 0.490 e. The molecule has 1 atom stereocenters. The lowest BCUT2D eigenvalue weighted by molar-refractivity contribution is -0.385. The van der Waals surface area contributed by atoms with E-state index in [4.69, 9.17) is 10.5 Å². The highest BCUT2D eigenvalue weighted by Crippen LogP contribution is 2.29. The number of nitro groups is 1. The van der Waals surface area contributed by atoms with Gasteiger partial charge in [-0.25, -0.2) is 4.39 Å². The quantitative estimate of drug-likeness (QED) is 0.609. The molecule has 1 rings (SSSR count). The topological polar surface area (TPSA) is 78.4 Å². The Hall–Kier alpha value is -1.69. The lowest BCUT2D eigenvalue weighted by Gasteiger charge is -2.08. The van der Waals surface area contributed by atoms with E-state index in [-0.39, 0.29) is 11.4 Å².